The zero-order valence-electron chi connectivity index (χ0n) is 10.7. The first-order valence-corrected chi connectivity index (χ1v) is 8.51. The average Bonchev–Trinajstić information content (AvgIpc) is 2.46. The third kappa shape index (κ3) is 4.05. The molecule has 21 heavy (non-hydrogen) atoms. The van der Waals surface area contributed by atoms with E-state index >= 15 is 0 Å². The van der Waals surface area contributed by atoms with Crippen LogP contribution in [0.1, 0.15) is 11.1 Å². The standard InChI is InChI=1S/C14H10BrClN2O2S/c15-12-3-1-2-11(6-12)9-18-21(19,20)14-7-10(8-17)4-5-13(14)16/h1-7,18H,9H2. The minimum Gasteiger partial charge on any atom is -0.207 e. The van der Waals surface area contributed by atoms with Crippen LogP contribution in [0.4, 0.5) is 0 Å². The van der Waals surface area contributed by atoms with Crippen LogP contribution in [0.5, 0.6) is 0 Å². The summed E-state index contributed by atoms with van der Waals surface area (Å²) >= 11 is 9.23. The number of rotatable bonds is 4. The van der Waals surface area contributed by atoms with Crippen molar-refractivity contribution in [3.63, 3.8) is 0 Å². The fraction of sp³-hybridized carbons (Fsp3) is 0.0714. The summed E-state index contributed by atoms with van der Waals surface area (Å²) < 4.78 is 27.9. The maximum atomic E-state index is 12.3. The first-order chi connectivity index (χ1) is 9.92. The monoisotopic (exact) mass is 384 g/mol. The van der Waals surface area contributed by atoms with Crippen molar-refractivity contribution in [3.05, 3.63) is 63.1 Å². The predicted molar refractivity (Wildman–Crippen MR) is 84.3 cm³/mol. The summed E-state index contributed by atoms with van der Waals surface area (Å²) in [6.45, 7) is 0.134. The Morgan fingerprint density at radius 2 is 2.00 bits per heavy atom. The Kier molecular flexibility index (Phi) is 5.01. The van der Waals surface area contributed by atoms with Crippen molar-refractivity contribution in [2.45, 2.75) is 11.4 Å². The largest absolute Gasteiger partial charge is 0.242 e. The number of nitrogens with zero attached hydrogens (tertiary/aromatic N) is 1. The topological polar surface area (TPSA) is 70.0 Å². The van der Waals surface area contributed by atoms with Crippen LogP contribution >= 0.6 is 27.5 Å². The molecule has 0 aliphatic rings. The molecule has 0 amide bonds. The van der Waals surface area contributed by atoms with E-state index in [9.17, 15) is 8.42 Å². The molecule has 0 bridgehead atoms. The summed E-state index contributed by atoms with van der Waals surface area (Å²) in [5.41, 5.74) is 1.04. The van der Waals surface area contributed by atoms with Gasteiger partial charge in [0.15, 0.2) is 0 Å². The highest BCUT2D eigenvalue weighted by molar-refractivity contribution is 9.10. The van der Waals surface area contributed by atoms with Gasteiger partial charge in [0.25, 0.3) is 0 Å². The van der Waals surface area contributed by atoms with E-state index < -0.39 is 10.0 Å². The van der Waals surface area contributed by atoms with Crippen LogP contribution in [-0.2, 0) is 16.6 Å². The van der Waals surface area contributed by atoms with E-state index in [0.717, 1.165) is 10.0 Å². The molecule has 0 unspecified atom stereocenters. The van der Waals surface area contributed by atoms with E-state index in [1.807, 2.05) is 24.3 Å². The molecule has 0 fully saturated rings. The zero-order valence-corrected chi connectivity index (χ0v) is 13.8. The molecular formula is C14H10BrClN2O2S. The molecule has 0 spiro atoms. The van der Waals surface area contributed by atoms with Crippen LogP contribution < -0.4 is 4.72 Å². The lowest BCUT2D eigenvalue weighted by Gasteiger charge is -2.09. The lowest BCUT2D eigenvalue weighted by Crippen LogP contribution is -2.23. The molecule has 0 aromatic heterocycles. The van der Waals surface area contributed by atoms with Gasteiger partial charge in [0, 0.05) is 11.0 Å². The van der Waals surface area contributed by atoms with Crippen LogP contribution in [0.25, 0.3) is 0 Å². The van der Waals surface area contributed by atoms with Crippen molar-refractivity contribution in [1.29, 1.82) is 5.26 Å². The number of benzene rings is 2. The Morgan fingerprint density at radius 3 is 2.67 bits per heavy atom. The van der Waals surface area contributed by atoms with Crippen LogP contribution in [0, 0.1) is 11.3 Å². The van der Waals surface area contributed by atoms with Gasteiger partial charge in [-0.3, -0.25) is 0 Å². The smallest absolute Gasteiger partial charge is 0.207 e. The summed E-state index contributed by atoms with van der Waals surface area (Å²) in [6, 6.07) is 13.3. The van der Waals surface area contributed by atoms with Crippen LogP contribution in [0.15, 0.2) is 51.8 Å². The predicted octanol–water partition coefficient (Wildman–Crippen LogP) is 3.45. The quantitative estimate of drug-likeness (QED) is 0.876. The molecule has 0 saturated carbocycles. The Labute approximate surface area is 136 Å². The normalized spacial score (nSPS) is 11.1. The first-order valence-electron chi connectivity index (χ1n) is 5.86. The van der Waals surface area contributed by atoms with E-state index in [1.54, 1.807) is 6.07 Å². The zero-order chi connectivity index (χ0) is 15.5. The van der Waals surface area contributed by atoms with Crippen molar-refractivity contribution in [2.24, 2.45) is 0 Å². The van der Waals surface area contributed by atoms with Gasteiger partial charge in [-0.2, -0.15) is 5.26 Å². The van der Waals surface area contributed by atoms with Crippen molar-refractivity contribution in [1.82, 2.24) is 4.72 Å². The lowest BCUT2D eigenvalue weighted by atomic mass is 10.2. The van der Waals surface area contributed by atoms with Crippen molar-refractivity contribution in [3.8, 4) is 6.07 Å². The second kappa shape index (κ2) is 6.58. The molecule has 2 aromatic rings. The maximum Gasteiger partial charge on any atom is 0.242 e. The van der Waals surface area contributed by atoms with Gasteiger partial charge in [0.1, 0.15) is 4.90 Å². The molecule has 0 aliphatic carbocycles. The highest BCUT2D eigenvalue weighted by Gasteiger charge is 2.18. The third-order valence-electron chi connectivity index (χ3n) is 2.71. The molecule has 108 valence electrons. The van der Waals surface area contributed by atoms with Gasteiger partial charge in [-0.25, -0.2) is 13.1 Å². The molecule has 0 atom stereocenters. The number of nitrogens with one attached hydrogen (secondary N) is 1. The molecule has 4 nitrogen and oxygen atoms in total. The van der Waals surface area contributed by atoms with E-state index in [0.29, 0.717) is 0 Å². The first kappa shape index (κ1) is 16.0. The summed E-state index contributed by atoms with van der Waals surface area (Å²) in [7, 11) is -3.78. The highest BCUT2D eigenvalue weighted by Crippen LogP contribution is 2.22. The summed E-state index contributed by atoms with van der Waals surface area (Å²) in [5, 5.41) is 8.92. The van der Waals surface area contributed by atoms with E-state index in [4.69, 9.17) is 16.9 Å². The summed E-state index contributed by atoms with van der Waals surface area (Å²) in [6.07, 6.45) is 0. The molecule has 0 heterocycles. The fourth-order valence-corrected chi connectivity index (χ4v) is 3.67. The number of hydrogen-bond donors (Lipinski definition) is 1. The van der Waals surface area contributed by atoms with Crippen LogP contribution in [0.3, 0.4) is 0 Å². The van der Waals surface area contributed by atoms with Crippen molar-refractivity contribution < 1.29 is 8.42 Å². The van der Waals surface area contributed by atoms with Gasteiger partial charge in [0.2, 0.25) is 10.0 Å². The van der Waals surface area contributed by atoms with E-state index in [-0.39, 0.29) is 22.0 Å². The summed E-state index contributed by atoms with van der Waals surface area (Å²) in [5.74, 6) is 0. The molecular weight excluding hydrogens is 376 g/mol. The minimum atomic E-state index is -3.78. The molecule has 0 saturated heterocycles. The average molecular weight is 386 g/mol. The molecule has 7 heteroatoms. The Bertz CT molecular complexity index is 816. The lowest BCUT2D eigenvalue weighted by molar-refractivity contribution is 0.581. The molecule has 1 N–H and O–H groups in total. The third-order valence-corrected chi connectivity index (χ3v) is 5.08. The summed E-state index contributed by atoms with van der Waals surface area (Å²) in [4.78, 5) is -0.0989. The number of halogens is 2. The fourth-order valence-electron chi connectivity index (χ4n) is 1.68. The van der Waals surface area contributed by atoms with Gasteiger partial charge in [0.05, 0.1) is 16.7 Å². The Hall–Kier alpha value is -1.39. The SMILES string of the molecule is N#Cc1ccc(Cl)c(S(=O)(=O)NCc2cccc(Br)c2)c1. The van der Waals surface area contributed by atoms with Gasteiger partial charge in [-0.15, -0.1) is 0 Å². The second-order valence-corrected chi connectivity index (χ2v) is 7.27. The number of sulfonamides is 1. The Morgan fingerprint density at radius 1 is 1.24 bits per heavy atom. The van der Waals surface area contributed by atoms with Gasteiger partial charge < -0.3 is 0 Å². The van der Waals surface area contributed by atoms with Crippen molar-refractivity contribution in [2.75, 3.05) is 0 Å². The van der Waals surface area contributed by atoms with Gasteiger partial charge in [-0.05, 0) is 35.9 Å². The van der Waals surface area contributed by atoms with Crippen LogP contribution in [0.2, 0.25) is 5.02 Å². The molecule has 2 aromatic carbocycles. The number of nitriles is 1. The molecule has 2 rings (SSSR count). The van der Waals surface area contributed by atoms with Crippen LogP contribution in [-0.4, -0.2) is 8.42 Å². The Balaban J connectivity index is 2.25. The number of hydrogen-bond acceptors (Lipinski definition) is 3. The minimum absolute atomic E-state index is 0.0794. The molecule has 0 aliphatic heterocycles. The van der Waals surface area contributed by atoms with Crippen molar-refractivity contribution >= 4 is 37.6 Å². The highest BCUT2D eigenvalue weighted by atomic mass is 79.9. The van der Waals surface area contributed by atoms with Gasteiger partial charge in [-0.1, -0.05) is 39.7 Å². The van der Waals surface area contributed by atoms with Gasteiger partial charge >= 0.3 is 0 Å². The molecule has 0 radical (unpaired) electrons. The van der Waals surface area contributed by atoms with E-state index in [2.05, 4.69) is 20.7 Å². The van der Waals surface area contributed by atoms with E-state index in [1.165, 1.54) is 18.2 Å². The maximum absolute atomic E-state index is 12.3. The second-order valence-electron chi connectivity index (χ2n) is 4.21.